The average Bonchev–Trinajstić information content (AvgIpc) is 2.82. The fourth-order valence-corrected chi connectivity index (χ4v) is 3.81. The van der Waals surface area contributed by atoms with Gasteiger partial charge >= 0.3 is 0 Å². The molecule has 0 aliphatic carbocycles. The largest absolute Gasteiger partial charge is 0.488 e. The lowest BCUT2D eigenvalue weighted by atomic mass is 10.1. The third-order valence-electron chi connectivity index (χ3n) is 5.31. The number of piperazine rings is 1. The molecule has 1 aliphatic rings. The number of ether oxygens (including phenoxy) is 1. The molecule has 2 N–H and O–H groups in total. The van der Waals surface area contributed by atoms with Crippen molar-refractivity contribution in [2.45, 2.75) is 6.61 Å². The van der Waals surface area contributed by atoms with Gasteiger partial charge in [-0.25, -0.2) is 4.98 Å². The van der Waals surface area contributed by atoms with Crippen molar-refractivity contribution < 1.29 is 14.3 Å². The molecule has 1 saturated heterocycles. The summed E-state index contributed by atoms with van der Waals surface area (Å²) in [6.07, 6.45) is 0. The van der Waals surface area contributed by atoms with Gasteiger partial charge in [-0.1, -0.05) is 41.9 Å². The lowest BCUT2D eigenvalue weighted by Crippen LogP contribution is -2.49. The minimum Gasteiger partial charge on any atom is -0.488 e. The van der Waals surface area contributed by atoms with Gasteiger partial charge in [-0.05, 0) is 42.0 Å². The van der Waals surface area contributed by atoms with E-state index in [1.807, 2.05) is 35.2 Å². The first-order valence-corrected chi connectivity index (χ1v) is 10.7. The van der Waals surface area contributed by atoms with Crippen LogP contribution < -0.4 is 15.4 Å². The summed E-state index contributed by atoms with van der Waals surface area (Å²) >= 11 is 5.99. The molecule has 2 aromatic carbocycles. The first-order valence-electron chi connectivity index (χ1n) is 10.3. The Morgan fingerprint density at radius 1 is 0.969 bits per heavy atom. The van der Waals surface area contributed by atoms with E-state index in [1.165, 1.54) is 0 Å². The number of benzene rings is 2. The number of anilines is 1. The molecule has 32 heavy (non-hydrogen) atoms. The van der Waals surface area contributed by atoms with E-state index < -0.39 is 5.91 Å². The number of carbonyl (C=O) groups excluding carboxylic acids is 2. The van der Waals surface area contributed by atoms with Gasteiger partial charge in [-0.15, -0.1) is 0 Å². The van der Waals surface area contributed by atoms with Crippen LogP contribution in [0.25, 0.3) is 0 Å². The van der Waals surface area contributed by atoms with Crippen molar-refractivity contribution in [2.24, 2.45) is 5.73 Å². The van der Waals surface area contributed by atoms with E-state index in [2.05, 4.69) is 9.88 Å². The summed E-state index contributed by atoms with van der Waals surface area (Å²) in [6, 6.07) is 19.7. The summed E-state index contributed by atoms with van der Waals surface area (Å²) < 4.78 is 5.79. The van der Waals surface area contributed by atoms with Crippen LogP contribution in [0.2, 0.25) is 5.15 Å². The van der Waals surface area contributed by atoms with Crippen molar-refractivity contribution in [2.75, 3.05) is 31.1 Å². The van der Waals surface area contributed by atoms with Gasteiger partial charge < -0.3 is 20.3 Å². The van der Waals surface area contributed by atoms with E-state index in [4.69, 9.17) is 22.1 Å². The topological polar surface area (TPSA) is 88.8 Å². The second-order valence-electron chi connectivity index (χ2n) is 7.45. The van der Waals surface area contributed by atoms with E-state index in [1.54, 1.807) is 36.4 Å². The van der Waals surface area contributed by atoms with Crippen LogP contribution in [0.1, 0.15) is 26.3 Å². The van der Waals surface area contributed by atoms with Gasteiger partial charge in [0, 0.05) is 31.7 Å². The van der Waals surface area contributed by atoms with Gasteiger partial charge in [0.15, 0.2) is 0 Å². The normalized spacial score (nSPS) is 13.7. The summed E-state index contributed by atoms with van der Waals surface area (Å²) in [5.41, 5.74) is 7.16. The number of carbonyl (C=O) groups is 2. The Balaban J connectivity index is 1.38. The van der Waals surface area contributed by atoms with Crippen molar-refractivity contribution in [1.82, 2.24) is 9.88 Å². The van der Waals surface area contributed by atoms with E-state index in [0.717, 1.165) is 11.4 Å². The van der Waals surface area contributed by atoms with Gasteiger partial charge in [-0.3, -0.25) is 9.59 Å². The molecule has 0 atom stereocenters. The fourth-order valence-electron chi connectivity index (χ4n) is 3.65. The maximum Gasteiger partial charge on any atom is 0.253 e. The molecule has 0 radical (unpaired) electrons. The molecule has 2 heterocycles. The molecule has 8 heteroatoms. The summed E-state index contributed by atoms with van der Waals surface area (Å²) in [5, 5.41) is 0.457. The number of amides is 2. The number of nitrogens with zero attached hydrogens (tertiary/aromatic N) is 3. The van der Waals surface area contributed by atoms with E-state index in [9.17, 15) is 9.59 Å². The number of pyridine rings is 1. The lowest BCUT2D eigenvalue weighted by Gasteiger charge is -2.35. The number of para-hydroxylation sites is 1. The molecule has 164 valence electrons. The minimum atomic E-state index is -0.545. The first-order chi connectivity index (χ1) is 15.5. The Morgan fingerprint density at radius 2 is 1.72 bits per heavy atom. The average molecular weight is 451 g/mol. The molecular weight excluding hydrogens is 428 g/mol. The quantitative estimate of drug-likeness (QED) is 0.581. The van der Waals surface area contributed by atoms with Crippen LogP contribution in [0.4, 0.5) is 5.82 Å². The number of rotatable bonds is 6. The van der Waals surface area contributed by atoms with Crippen molar-refractivity contribution in [3.63, 3.8) is 0 Å². The van der Waals surface area contributed by atoms with Crippen molar-refractivity contribution in [3.8, 4) is 5.75 Å². The minimum absolute atomic E-state index is 0.0249. The van der Waals surface area contributed by atoms with Crippen LogP contribution in [-0.2, 0) is 6.61 Å². The second kappa shape index (κ2) is 9.70. The Bertz CT molecular complexity index is 1130. The van der Waals surface area contributed by atoms with Crippen LogP contribution >= 0.6 is 11.6 Å². The maximum absolute atomic E-state index is 13.0. The number of aromatic nitrogens is 1. The standard InChI is InChI=1S/C24H23ClN4O3/c25-21-9-4-10-22(27-21)28-11-13-29(14-12-28)24(31)18-6-3-5-17(15-18)16-32-20-8-2-1-7-19(20)23(26)30/h1-10,15H,11-14,16H2,(H2,26,30). The maximum atomic E-state index is 13.0. The van der Waals surface area contributed by atoms with Crippen LogP contribution in [-0.4, -0.2) is 47.9 Å². The molecule has 3 aromatic rings. The van der Waals surface area contributed by atoms with Crippen molar-refractivity contribution in [3.05, 3.63) is 88.6 Å². The molecule has 7 nitrogen and oxygen atoms in total. The highest BCUT2D eigenvalue weighted by molar-refractivity contribution is 6.29. The summed E-state index contributed by atoms with van der Waals surface area (Å²) in [5.74, 6) is 0.669. The fraction of sp³-hybridized carbons (Fsp3) is 0.208. The molecule has 2 amide bonds. The van der Waals surface area contributed by atoms with E-state index in [0.29, 0.717) is 48.2 Å². The van der Waals surface area contributed by atoms with E-state index >= 15 is 0 Å². The second-order valence-corrected chi connectivity index (χ2v) is 7.83. The molecule has 0 spiro atoms. The molecule has 1 aromatic heterocycles. The van der Waals surface area contributed by atoms with Gasteiger partial charge in [0.1, 0.15) is 23.3 Å². The molecule has 0 unspecified atom stereocenters. The molecule has 0 bridgehead atoms. The molecule has 4 rings (SSSR count). The number of halogens is 1. The Morgan fingerprint density at radius 3 is 2.47 bits per heavy atom. The zero-order valence-electron chi connectivity index (χ0n) is 17.4. The number of hydrogen-bond acceptors (Lipinski definition) is 5. The molecular formula is C24H23ClN4O3. The van der Waals surface area contributed by atoms with Gasteiger partial charge in [0.25, 0.3) is 11.8 Å². The van der Waals surface area contributed by atoms with E-state index in [-0.39, 0.29) is 12.5 Å². The van der Waals surface area contributed by atoms with Crippen molar-refractivity contribution in [1.29, 1.82) is 0 Å². The third kappa shape index (κ3) is 5.00. The Hall–Kier alpha value is -3.58. The zero-order chi connectivity index (χ0) is 22.5. The monoisotopic (exact) mass is 450 g/mol. The molecule has 1 aliphatic heterocycles. The summed E-state index contributed by atoms with van der Waals surface area (Å²) in [6.45, 7) is 2.79. The summed E-state index contributed by atoms with van der Waals surface area (Å²) in [4.78, 5) is 32.9. The highest BCUT2D eigenvalue weighted by Crippen LogP contribution is 2.20. The van der Waals surface area contributed by atoms with Gasteiger partial charge in [0.05, 0.1) is 5.56 Å². The molecule has 0 saturated carbocycles. The Kier molecular flexibility index (Phi) is 6.56. The molecule has 1 fully saturated rings. The third-order valence-corrected chi connectivity index (χ3v) is 5.52. The predicted octanol–water partition coefficient (Wildman–Crippen LogP) is 3.38. The Labute approximate surface area is 191 Å². The van der Waals surface area contributed by atoms with Crippen LogP contribution in [0.5, 0.6) is 5.75 Å². The smallest absolute Gasteiger partial charge is 0.253 e. The number of primary amides is 1. The van der Waals surface area contributed by atoms with Gasteiger partial charge in [0.2, 0.25) is 0 Å². The SMILES string of the molecule is NC(=O)c1ccccc1OCc1cccc(C(=O)N2CCN(c3cccc(Cl)n3)CC2)c1. The van der Waals surface area contributed by atoms with Crippen LogP contribution in [0.15, 0.2) is 66.7 Å². The first kappa shape index (κ1) is 21.6. The van der Waals surface area contributed by atoms with Crippen LogP contribution in [0, 0.1) is 0 Å². The summed E-state index contributed by atoms with van der Waals surface area (Å²) in [7, 11) is 0. The number of nitrogens with two attached hydrogens (primary N) is 1. The van der Waals surface area contributed by atoms with Crippen molar-refractivity contribution >= 4 is 29.2 Å². The lowest BCUT2D eigenvalue weighted by molar-refractivity contribution is 0.0746. The van der Waals surface area contributed by atoms with Crippen LogP contribution in [0.3, 0.4) is 0 Å². The zero-order valence-corrected chi connectivity index (χ0v) is 18.2. The number of hydrogen-bond donors (Lipinski definition) is 1. The highest BCUT2D eigenvalue weighted by Gasteiger charge is 2.23. The highest BCUT2D eigenvalue weighted by atomic mass is 35.5. The van der Waals surface area contributed by atoms with Gasteiger partial charge in [-0.2, -0.15) is 0 Å². The predicted molar refractivity (Wildman–Crippen MR) is 123 cm³/mol.